The lowest BCUT2D eigenvalue weighted by molar-refractivity contribution is -0.115. The summed E-state index contributed by atoms with van der Waals surface area (Å²) in [5.41, 5.74) is 4.40. The van der Waals surface area contributed by atoms with Crippen LogP contribution in [-0.2, 0) is 10.5 Å². The van der Waals surface area contributed by atoms with E-state index in [1.165, 1.54) is 10.5 Å². The number of aryl methyl sites for hydroxylation is 2. The lowest BCUT2D eigenvalue weighted by Gasteiger charge is -2.14. The Morgan fingerprint density at radius 3 is 2.48 bits per heavy atom. The van der Waals surface area contributed by atoms with Crippen LogP contribution in [-0.4, -0.2) is 17.4 Å². The number of carbonyl (C=O) groups is 1. The highest BCUT2D eigenvalue weighted by atomic mass is 32.2. The summed E-state index contributed by atoms with van der Waals surface area (Å²) in [6.07, 6.45) is 2.07. The van der Waals surface area contributed by atoms with Crippen LogP contribution >= 0.6 is 23.5 Å². The van der Waals surface area contributed by atoms with Crippen molar-refractivity contribution in [3.05, 3.63) is 59.2 Å². The highest BCUT2D eigenvalue weighted by Gasteiger charge is 2.14. The Hall–Kier alpha value is -1.39. The molecule has 2 rings (SSSR count). The van der Waals surface area contributed by atoms with Crippen molar-refractivity contribution in [3.8, 4) is 0 Å². The smallest absolute Gasteiger partial charge is 0.237 e. The Morgan fingerprint density at radius 2 is 1.83 bits per heavy atom. The molecule has 0 heterocycles. The molecule has 2 aromatic rings. The van der Waals surface area contributed by atoms with E-state index in [-0.39, 0.29) is 11.2 Å². The molecular formula is C19H23NOS2. The molecule has 0 aliphatic carbocycles. The second-order valence-corrected chi connectivity index (χ2v) is 7.82. The fourth-order valence-electron chi connectivity index (χ4n) is 2.12. The molecule has 0 saturated heterocycles. The topological polar surface area (TPSA) is 29.1 Å². The van der Waals surface area contributed by atoms with Gasteiger partial charge in [0.15, 0.2) is 0 Å². The zero-order chi connectivity index (χ0) is 16.8. The monoisotopic (exact) mass is 345 g/mol. The highest BCUT2D eigenvalue weighted by molar-refractivity contribution is 7.99. The Bertz CT molecular complexity index is 668. The Balaban J connectivity index is 1.90. The predicted octanol–water partition coefficient (Wildman–Crippen LogP) is 5.29. The first-order valence-corrected chi connectivity index (χ1v) is 9.89. The van der Waals surface area contributed by atoms with Crippen LogP contribution in [0.1, 0.15) is 23.6 Å². The van der Waals surface area contributed by atoms with Gasteiger partial charge in [-0.1, -0.05) is 24.3 Å². The molecule has 1 atom stereocenters. The third-order valence-corrected chi connectivity index (χ3v) is 5.64. The molecule has 2 aromatic carbocycles. The van der Waals surface area contributed by atoms with Crippen molar-refractivity contribution < 1.29 is 4.79 Å². The minimum Gasteiger partial charge on any atom is -0.325 e. The standard InChI is InChI=1S/C19H23NOS2/c1-13-5-6-14(2)18(11-13)20-19(21)15(3)23-12-16-7-9-17(22-4)10-8-16/h5-11,15H,12H2,1-4H3,(H,20,21). The summed E-state index contributed by atoms with van der Waals surface area (Å²) in [6.45, 7) is 6.01. The lowest BCUT2D eigenvalue weighted by atomic mass is 10.1. The van der Waals surface area contributed by atoms with Gasteiger partial charge in [0.25, 0.3) is 0 Å². The zero-order valence-corrected chi connectivity index (χ0v) is 15.7. The Labute approximate surface area is 147 Å². The number of benzene rings is 2. The number of rotatable bonds is 6. The first-order valence-electron chi connectivity index (χ1n) is 7.62. The van der Waals surface area contributed by atoms with Crippen LogP contribution in [0.25, 0.3) is 0 Å². The summed E-state index contributed by atoms with van der Waals surface area (Å²) in [5.74, 6) is 0.903. The van der Waals surface area contributed by atoms with Crippen LogP contribution < -0.4 is 5.32 Å². The maximum Gasteiger partial charge on any atom is 0.237 e. The zero-order valence-electron chi connectivity index (χ0n) is 14.1. The molecule has 0 bridgehead atoms. The second kappa shape index (κ2) is 8.46. The number of hydrogen-bond acceptors (Lipinski definition) is 3. The van der Waals surface area contributed by atoms with Gasteiger partial charge < -0.3 is 5.32 Å². The molecule has 0 aliphatic rings. The number of amides is 1. The van der Waals surface area contributed by atoms with Crippen LogP contribution in [0.15, 0.2) is 47.4 Å². The van der Waals surface area contributed by atoms with Gasteiger partial charge in [-0.3, -0.25) is 4.79 Å². The van der Waals surface area contributed by atoms with Crippen LogP contribution in [0.5, 0.6) is 0 Å². The molecule has 0 spiro atoms. The van der Waals surface area contributed by atoms with E-state index >= 15 is 0 Å². The molecule has 2 nitrogen and oxygen atoms in total. The molecule has 0 saturated carbocycles. The van der Waals surface area contributed by atoms with E-state index in [1.807, 2.05) is 32.9 Å². The van der Waals surface area contributed by atoms with Crippen molar-refractivity contribution in [2.75, 3.05) is 11.6 Å². The number of carbonyl (C=O) groups excluding carboxylic acids is 1. The van der Waals surface area contributed by atoms with Gasteiger partial charge >= 0.3 is 0 Å². The van der Waals surface area contributed by atoms with E-state index in [2.05, 4.69) is 41.9 Å². The number of nitrogens with one attached hydrogen (secondary N) is 1. The van der Waals surface area contributed by atoms with E-state index in [1.54, 1.807) is 23.5 Å². The van der Waals surface area contributed by atoms with Crippen molar-refractivity contribution in [2.45, 2.75) is 36.7 Å². The van der Waals surface area contributed by atoms with Crippen molar-refractivity contribution >= 4 is 35.1 Å². The lowest BCUT2D eigenvalue weighted by Crippen LogP contribution is -2.23. The van der Waals surface area contributed by atoms with E-state index in [9.17, 15) is 4.79 Å². The van der Waals surface area contributed by atoms with Crippen molar-refractivity contribution in [1.29, 1.82) is 0 Å². The Morgan fingerprint density at radius 1 is 1.13 bits per heavy atom. The molecule has 23 heavy (non-hydrogen) atoms. The largest absolute Gasteiger partial charge is 0.325 e. The van der Waals surface area contributed by atoms with Crippen molar-refractivity contribution in [2.24, 2.45) is 0 Å². The van der Waals surface area contributed by atoms with Crippen LogP contribution in [0.4, 0.5) is 5.69 Å². The van der Waals surface area contributed by atoms with Gasteiger partial charge in [0.05, 0.1) is 5.25 Å². The van der Waals surface area contributed by atoms with Gasteiger partial charge in [-0.05, 0) is 61.9 Å². The van der Waals surface area contributed by atoms with E-state index < -0.39 is 0 Å². The third kappa shape index (κ3) is 5.33. The summed E-state index contributed by atoms with van der Waals surface area (Å²) in [6, 6.07) is 14.6. The molecule has 0 aromatic heterocycles. The average molecular weight is 346 g/mol. The Kier molecular flexibility index (Phi) is 6.60. The third-order valence-electron chi connectivity index (χ3n) is 3.68. The number of thioether (sulfide) groups is 2. The molecule has 1 unspecified atom stereocenters. The van der Waals surface area contributed by atoms with Gasteiger partial charge in [0.1, 0.15) is 0 Å². The molecular weight excluding hydrogens is 322 g/mol. The molecule has 122 valence electrons. The molecule has 0 radical (unpaired) electrons. The summed E-state index contributed by atoms with van der Waals surface area (Å²) >= 11 is 3.40. The van der Waals surface area contributed by atoms with E-state index in [0.717, 1.165) is 22.6 Å². The summed E-state index contributed by atoms with van der Waals surface area (Å²) in [4.78, 5) is 13.6. The fourth-order valence-corrected chi connectivity index (χ4v) is 3.38. The predicted molar refractivity (Wildman–Crippen MR) is 104 cm³/mol. The quantitative estimate of drug-likeness (QED) is 0.722. The molecule has 1 N–H and O–H groups in total. The van der Waals surface area contributed by atoms with E-state index in [4.69, 9.17) is 0 Å². The molecule has 4 heteroatoms. The van der Waals surface area contributed by atoms with Gasteiger partial charge in [0, 0.05) is 16.3 Å². The summed E-state index contributed by atoms with van der Waals surface area (Å²) in [7, 11) is 0. The maximum absolute atomic E-state index is 12.4. The average Bonchev–Trinajstić information content (AvgIpc) is 2.56. The van der Waals surface area contributed by atoms with Crippen molar-refractivity contribution in [3.63, 3.8) is 0 Å². The van der Waals surface area contributed by atoms with E-state index in [0.29, 0.717) is 0 Å². The van der Waals surface area contributed by atoms with Gasteiger partial charge in [0.2, 0.25) is 5.91 Å². The van der Waals surface area contributed by atoms with Gasteiger partial charge in [-0.2, -0.15) is 0 Å². The van der Waals surface area contributed by atoms with Crippen LogP contribution in [0.3, 0.4) is 0 Å². The van der Waals surface area contributed by atoms with Crippen LogP contribution in [0.2, 0.25) is 0 Å². The highest BCUT2D eigenvalue weighted by Crippen LogP contribution is 2.23. The first kappa shape index (κ1) is 18.0. The molecule has 1 amide bonds. The van der Waals surface area contributed by atoms with Crippen LogP contribution in [0, 0.1) is 13.8 Å². The normalized spacial score (nSPS) is 12.0. The maximum atomic E-state index is 12.4. The minimum atomic E-state index is -0.0878. The minimum absolute atomic E-state index is 0.0597. The number of hydrogen-bond donors (Lipinski definition) is 1. The summed E-state index contributed by atoms with van der Waals surface area (Å²) in [5, 5.41) is 2.95. The second-order valence-electron chi connectivity index (χ2n) is 5.61. The number of anilines is 1. The SMILES string of the molecule is CSc1ccc(CSC(C)C(=O)Nc2cc(C)ccc2C)cc1. The molecule has 0 fully saturated rings. The molecule has 0 aliphatic heterocycles. The fraction of sp³-hybridized carbons (Fsp3) is 0.316. The van der Waals surface area contributed by atoms with Gasteiger partial charge in [-0.25, -0.2) is 0 Å². The first-order chi connectivity index (χ1) is 11.0. The summed E-state index contributed by atoms with van der Waals surface area (Å²) < 4.78 is 0. The van der Waals surface area contributed by atoms with Gasteiger partial charge in [-0.15, -0.1) is 23.5 Å². The van der Waals surface area contributed by atoms with Crippen molar-refractivity contribution in [1.82, 2.24) is 0 Å².